The molecular formula is C9H13ClN4O. The van der Waals surface area contributed by atoms with Gasteiger partial charge >= 0.3 is 6.01 Å². The van der Waals surface area contributed by atoms with E-state index in [1.54, 1.807) is 0 Å². The van der Waals surface area contributed by atoms with Crippen LogP contribution in [0.5, 0.6) is 6.01 Å². The van der Waals surface area contributed by atoms with E-state index in [0.29, 0.717) is 12.0 Å². The molecule has 0 amide bonds. The standard InChI is InChI=1S/C9H13ClN4O/c1-5(2)15-9-13-7(10)12-8(14-9)11-6-3-4-6/h5-6H,3-4H2,1-2H3,(H,11,12,13,14). The molecule has 1 heterocycles. The molecule has 0 atom stereocenters. The van der Waals surface area contributed by atoms with Crippen molar-refractivity contribution in [1.82, 2.24) is 15.0 Å². The lowest BCUT2D eigenvalue weighted by atomic mass is 10.5. The number of halogens is 1. The predicted molar refractivity (Wildman–Crippen MR) is 57.2 cm³/mol. The zero-order valence-electron chi connectivity index (χ0n) is 8.70. The second kappa shape index (κ2) is 4.18. The molecule has 6 heteroatoms. The average molecular weight is 229 g/mol. The first-order chi connectivity index (χ1) is 7.13. The Morgan fingerprint density at radius 3 is 2.67 bits per heavy atom. The Morgan fingerprint density at radius 1 is 1.33 bits per heavy atom. The summed E-state index contributed by atoms with van der Waals surface area (Å²) < 4.78 is 5.35. The molecular weight excluding hydrogens is 216 g/mol. The van der Waals surface area contributed by atoms with E-state index in [2.05, 4.69) is 20.3 Å². The summed E-state index contributed by atoms with van der Waals surface area (Å²) in [4.78, 5) is 12.0. The lowest BCUT2D eigenvalue weighted by Gasteiger charge is -2.09. The highest BCUT2D eigenvalue weighted by atomic mass is 35.5. The summed E-state index contributed by atoms with van der Waals surface area (Å²) in [6.07, 6.45) is 2.34. The van der Waals surface area contributed by atoms with Gasteiger partial charge in [-0.2, -0.15) is 15.0 Å². The van der Waals surface area contributed by atoms with Crippen LogP contribution in [0.4, 0.5) is 5.95 Å². The molecule has 82 valence electrons. The third-order valence-corrected chi connectivity index (χ3v) is 2.01. The van der Waals surface area contributed by atoms with E-state index in [1.807, 2.05) is 13.8 Å². The summed E-state index contributed by atoms with van der Waals surface area (Å²) in [6, 6.07) is 0.753. The van der Waals surface area contributed by atoms with Crippen molar-refractivity contribution in [2.24, 2.45) is 0 Å². The van der Waals surface area contributed by atoms with Crippen molar-refractivity contribution >= 4 is 17.5 Å². The summed E-state index contributed by atoms with van der Waals surface area (Å²) in [5.74, 6) is 0.494. The minimum absolute atomic E-state index is 0.0252. The number of rotatable bonds is 4. The summed E-state index contributed by atoms with van der Waals surface area (Å²) in [7, 11) is 0. The van der Waals surface area contributed by atoms with Gasteiger partial charge in [0.1, 0.15) is 0 Å². The first-order valence-electron chi connectivity index (χ1n) is 4.98. The van der Waals surface area contributed by atoms with Crippen molar-refractivity contribution in [3.05, 3.63) is 5.28 Å². The highest BCUT2D eigenvalue weighted by Crippen LogP contribution is 2.24. The van der Waals surface area contributed by atoms with Gasteiger partial charge in [-0.25, -0.2) is 0 Å². The number of aromatic nitrogens is 3. The Balaban J connectivity index is 2.11. The fraction of sp³-hybridized carbons (Fsp3) is 0.667. The Labute approximate surface area is 93.2 Å². The van der Waals surface area contributed by atoms with Crippen molar-refractivity contribution in [1.29, 1.82) is 0 Å². The minimum Gasteiger partial charge on any atom is -0.461 e. The lowest BCUT2D eigenvalue weighted by Crippen LogP contribution is -2.12. The number of hydrogen-bond donors (Lipinski definition) is 1. The molecule has 5 nitrogen and oxygen atoms in total. The second-order valence-electron chi connectivity index (χ2n) is 3.80. The molecule has 1 aromatic rings. The maximum Gasteiger partial charge on any atom is 0.322 e. The summed E-state index contributed by atoms with van der Waals surface area (Å²) in [5.41, 5.74) is 0. The summed E-state index contributed by atoms with van der Waals surface area (Å²) >= 11 is 5.76. The van der Waals surface area contributed by atoms with Crippen molar-refractivity contribution < 1.29 is 4.74 Å². The van der Waals surface area contributed by atoms with Crippen LogP contribution in [0.1, 0.15) is 26.7 Å². The van der Waals surface area contributed by atoms with E-state index in [-0.39, 0.29) is 17.4 Å². The molecule has 0 radical (unpaired) electrons. The molecule has 0 bridgehead atoms. The van der Waals surface area contributed by atoms with Crippen LogP contribution < -0.4 is 10.1 Å². The molecule has 1 aliphatic carbocycles. The van der Waals surface area contributed by atoms with Gasteiger partial charge in [-0.15, -0.1) is 0 Å². The lowest BCUT2D eigenvalue weighted by molar-refractivity contribution is 0.222. The van der Waals surface area contributed by atoms with Gasteiger partial charge in [-0.1, -0.05) is 0 Å². The van der Waals surface area contributed by atoms with Crippen LogP contribution in [0.2, 0.25) is 5.28 Å². The zero-order valence-corrected chi connectivity index (χ0v) is 9.45. The van der Waals surface area contributed by atoms with Crippen LogP contribution in [0.15, 0.2) is 0 Å². The van der Waals surface area contributed by atoms with Gasteiger partial charge in [0.2, 0.25) is 11.2 Å². The van der Waals surface area contributed by atoms with Gasteiger partial charge in [0.25, 0.3) is 0 Å². The molecule has 1 saturated carbocycles. The monoisotopic (exact) mass is 228 g/mol. The van der Waals surface area contributed by atoms with Crippen LogP contribution in [0, 0.1) is 0 Å². The van der Waals surface area contributed by atoms with Crippen LogP contribution in [0.25, 0.3) is 0 Å². The highest BCUT2D eigenvalue weighted by Gasteiger charge is 2.22. The van der Waals surface area contributed by atoms with Gasteiger partial charge in [0, 0.05) is 6.04 Å². The predicted octanol–water partition coefficient (Wildman–Crippen LogP) is 1.89. The van der Waals surface area contributed by atoms with Crippen molar-refractivity contribution in [3.63, 3.8) is 0 Å². The molecule has 15 heavy (non-hydrogen) atoms. The maximum absolute atomic E-state index is 5.76. The summed E-state index contributed by atoms with van der Waals surface area (Å²) in [5, 5.41) is 3.30. The Hall–Kier alpha value is -1.10. The number of nitrogens with one attached hydrogen (secondary N) is 1. The minimum atomic E-state index is 0.0252. The van der Waals surface area contributed by atoms with E-state index in [0.717, 1.165) is 12.8 Å². The Kier molecular flexibility index (Phi) is 2.90. The van der Waals surface area contributed by atoms with E-state index < -0.39 is 0 Å². The van der Waals surface area contributed by atoms with Crippen molar-refractivity contribution in [3.8, 4) is 6.01 Å². The van der Waals surface area contributed by atoms with Crippen molar-refractivity contribution in [2.75, 3.05) is 5.32 Å². The third kappa shape index (κ3) is 3.20. The molecule has 2 rings (SSSR count). The van der Waals surface area contributed by atoms with Crippen LogP contribution in [0.3, 0.4) is 0 Å². The normalized spacial score (nSPS) is 15.5. The topological polar surface area (TPSA) is 59.9 Å². The van der Waals surface area contributed by atoms with E-state index in [9.17, 15) is 0 Å². The fourth-order valence-electron chi connectivity index (χ4n) is 1.07. The quantitative estimate of drug-likeness (QED) is 0.853. The summed E-state index contributed by atoms with van der Waals surface area (Å²) in [6.45, 7) is 3.82. The molecule has 0 aliphatic heterocycles. The molecule has 0 saturated heterocycles. The number of ether oxygens (including phenoxy) is 1. The van der Waals surface area contributed by atoms with Gasteiger partial charge in [0.05, 0.1) is 6.10 Å². The van der Waals surface area contributed by atoms with Gasteiger partial charge < -0.3 is 10.1 Å². The molecule has 0 unspecified atom stereocenters. The van der Waals surface area contributed by atoms with Crippen LogP contribution >= 0.6 is 11.6 Å². The highest BCUT2D eigenvalue weighted by molar-refractivity contribution is 6.28. The molecule has 1 fully saturated rings. The van der Waals surface area contributed by atoms with E-state index >= 15 is 0 Å². The van der Waals surface area contributed by atoms with Gasteiger partial charge in [-0.3, -0.25) is 0 Å². The third-order valence-electron chi connectivity index (χ3n) is 1.84. The molecule has 0 aromatic carbocycles. The van der Waals surface area contributed by atoms with Crippen LogP contribution in [-0.2, 0) is 0 Å². The molecule has 1 aliphatic rings. The van der Waals surface area contributed by atoms with E-state index in [1.165, 1.54) is 0 Å². The first-order valence-corrected chi connectivity index (χ1v) is 5.36. The number of nitrogens with zero attached hydrogens (tertiary/aromatic N) is 3. The number of anilines is 1. The van der Waals surface area contributed by atoms with Crippen LogP contribution in [-0.4, -0.2) is 27.1 Å². The van der Waals surface area contributed by atoms with E-state index in [4.69, 9.17) is 16.3 Å². The second-order valence-corrected chi connectivity index (χ2v) is 4.13. The fourth-order valence-corrected chi connectivity index (χ4v) is 1.22. The smallest absolute Gasteiger partial charge is 0.322 e. The maximum atomic E-state index is 5.76. The average Bonchev–Trinajstić information content (AvgIpc) is 2.85. The largest absolute Gasteiger partial charge is 0.461 e. The zero-order chi connectivity index (χ0) is 10.8. The Morgan fingerprint density at radius 2 is 2.07 bits per heavy atom. The van der Waals surface area contributed by atoms with Gasteiger partial charge in [-0.05, 0) is 38.3 Å². The first kappa shape index (κ1) is 10.4. The SMILES string of the molecule is CC(C)Oc1nc(Cl)nc(NC2CC2)n1. The Bertz CT molecular complexity index is 332. The molecule has 1 N–H and O–H groups in total. The molecule has 0 spiro atoms. The van der Waals surface area contributed by atoms with Crippen molar-refractivity contribution in [2.45, 2.75) is 38.8 Å². The van der Waals surface area contributed by atoms with Gasteiger partial charge in [0.15, 0.2) is 0 Å². The molecule has 1 aromatic heterocycles. The number of hydrogen-bond acceptors (Lipinski definition) is 5.